The number of carbonyl (C=O) groups excluding carboxylic acids is 2. The lowest BCUT2D eigenvalue weighted by molar-refractivity contribution is -0.171. The Morgan fingerprint density at radius 3 is 2.45 bits per heavy atom. The molecule has 0 aromatic heterocycles. The van der Waals surface area contributed by atoms with Gasteiger partial charge in [0.05, 0.1) is 11.5 Å². The molecule has 0 N–H and O–H groups in total. The van der Waals surface area contributed by atoms with Gasteiger partial charge in [-0.3, -0.25) is 4.79 Å². The third-order valence-corrected chi connectivity index (χ3v) is 6.65. The molecule has 0 unspecified atom stereocenters. The SMILES string of the molecule is CCO[C@H]1CO[C@H]2C(=CN(N(C)C)C(=O)N2S(=O)(=O)c2ccc(C)cc2)[C@H]1OC(C)=O. The zero-order valence-electron chi connectivity index (χ0n) is 18.1. The Morgan fingerprint density at radius 2 is 1.90 bits per heavy atom. The van der Waals surface area contributed by atoms with Gasteiger partial charge in [0.15, 0.2) is 12.3 Å². The molecule has 170 valence electrons. The molecule has 3 rings (SSSR count). The highest BCUT2D eigenvalue weighted by Crippen LogP contribution is 2.36. The molecule has 2 aliphatic heterocycles. The number of sulfonamides is 1. The highest BCUT2D eigenvalue weighted by Gasteiger charge is 2.51. The minimum Gasteiger partial charge on any atom is -0.455 e. The van der Waals surface area contributed by atoms with Gasteiger partial charge in [0.2, 0.25) is 0 Å². The zero-order chi connectivity index (χ0) is 22.9. The van der Waals surface area contributed by atoms with Crippen molar-refractivity contribution in [3.63, 3.8) is 0 Å². The van der Waals surface area contributed by atoms with Crippen molar-refractivity contribution in [3.05, 3.63) is 41.6 Å². The number of benzene rings is 1. The number of rotatable bonds is 6. The summed E-state index contributed by atoms with van der Waals surface area (Å²) in [4.78, 5) is 24.9. The largest absolute Gasteiger partial charge is 0.455 e. The maximum atomic E-state index is 13.5. The normalized spacial score (nSPS) is 24.1. The molecule has 2 amide bonds. The Labute approximate surface area is 182 Å². The summed E-state index contributed by atoms with van der Waals surface area (Å²) in [6.07, 6.45) is -1.39. The molecule has 1 aromatic rings. The molecule has 1 aromatic carbocycles. The average molecular weight is 454 g/mol. The number of esters is 1. The summed E-state index contributed by atoms with van der Waals surface area (Å²) >= 11 is 0. The highest BCUT2D eigenvalue weighted by molar-refractivity contribution is 7.89. The van der Waals surface area contributed by atoms with Gasteiger partial charge in [0.25, 0.3) is 10.0 Å². The smallest absolute Gasteiger partial charge is 0.355 e. The fourth-order valence-electron chi connectivity index (χ4n) is 3.47. The maximum Gasteiger partial charge on any atom is 0.355 e. The van der Waals surface area contributed by atoms with Crippen LogP contribution in [0.1, 0.15) is 19.4 Å². The minimum atomic E-state index is -4.28. The van der Waals surface area contributed by atoms with Gasteiger partial charge in [-0.1, -0.05) is 17.7 Å². The Balaban J connectivity index is 2.12. The number of hydrazine groups is 1. The predicted octanol–water partition coefficient (Wildman–Crippen LogP) is 1.47. The Kier molecular flexibility index (Phi) is 6.70. The van der Waals surface area contributed by atoms with Crippen LogP contribution >= 0.6 is 0 Å². The van der Waals surface area contributed by atoms with E-state index in [2.05, 4.69) is 0 Å². The van der Waals surface area contributed by atoms with Crippen molar-refractivity contribution in [1.82, 2.24) is 14.3 Å². The molecule has 1 saturated heterocycles. The van der Waals surface area contributed by atoms with Crippen molar-refractivity contribution in [2.45, 2.75) is 44.1 Å². The first-order chi connectivity index (χ1) is 14.6. The molecule has 0 spiro atoms. The van der Waals surface area contributed by atoms with Gasteiger partial charge in [0, 0.05) is 39.4 Å². The van der Waals surface area contributed by atoms with Crippen LogP contribution in [0.25, 0.3) is 0 Å². The van der Waals surface area contributed by atoms with Crippen molar-refractivity contribution >= 4 is 22.0 Å². The summed E-state index contributed by atoms with van der Waals surface area (Å²) in [7, 11) is -1.09. The average Bonchev–Trinajstić information content (AvgIpc) is 2.69. The molecule has 0 saturated carbocycles. The lowest BCUT2D eigenvalue weighted by Gasteiger charge is -2.46. The Hall–Kier alpha value is -2.47. The van der Waals surface area contributed by atoms with E-state index in [0.29, 0.717) is 16.5 Å². The topological polar surface area (TPSA) is 106 Å². The second kappa shape index (κ2) is 8.95. The first-order valence-electron chi connectivity index (χ1n) is 9.81. The lowest BCUT2D eigenvalue weighted by atomic mass is 9.99. The molecular formula is C20H27N3O7S. The van der Waals surface area contributed by atoms with Crippen molar-refractivity contribution in [3.8, 4) is 0 Å². The monoisotopic (exact) mass is 453 g/mol. The molecule has 10 nitrogen and oxygen atoms in total. The van der Waals surface area contributed by atoms with Crippen molar-refractivity contribution in [2.75, 3.05) is 27.3 Å². The summed E-state index contributed by atoms with van der Waals surface area (Å²) < 4.78 is 44.6. The van der Waals surface area contributed by atoms with Gasteiger partial charge in [-0.15, -0.1) is 0 Å². The van der Waals surface area contributed by atoms with Crippen LogP contribution in [0.15, 0.2) is 40.9 Å². The lowest BCUT2D eigenvalue weighted by Crippen LogP contribution is -2.62. The number of aryl methyl sites for hydroxylation is 1. The van der Waals surface area contributed by atoms with E-state index in [9.17, 15) is 18.0 Å². The van der Waals surface area contributed by atoms with E-state index in [4.69, 9.17) is 14.2 Å². The summed E-state index contributed by atoms with van der Waals surface area (Å²) in [6.45, 7) is 5.16. The summed E-state index contributed by atoms with van der Waals surface area (Å²) in [5, 5.41) is 2.56. The van der Waals surface area contributed by atoms with E-state index >= 15 is 0 Å². The number of nitrogens with zero attached hydrogens (tertiary/aromatic N) is 3. The molecule has 0 radical (unpaired) electrons. The number of urea groups is 1. The summed E-state index contributed by atoms with van der Waals surface area (Å²) in [6, 6.07) is 5.36. The number of hydrogen-bond donors (Lipinski definition) is 0. The van der Waals surface area contributed by atoms with Crippen LogP contribution in [-0.4, -0.2) is 80.5 Å². The molecule has 0 bridgehead atoms. The quantitative estimate of drug-likeness (QED) is 0.597. The van der Waals surface area contributed by atoms with Crippen LogP contribution < -0.4 is 0 Å². The maximum absolute atomic E-state index is 13.5. The standard InChI is InChI=1S/C20H27N3O7S/c1-6-28-17-12-29-19-16(18(17)30-14(3)24)11-22(21(4)5)20(25)23(19)31(26,27)15-9-7-13(2)8-10-15/h7-11,17-19H,6,12H2,1-5H3/t17-,18+,19-/m0/s1. The molecule has 0 aliphatic carbocycles. The van der Waals surface area contributed by atoms with Crippen LogP contribution in [0.3, 0.4) is 0 Å². The molecule has 1 fully saturated rings. The van der Waals surface area contributed by atoms with Gasteiger partial charge in [-0.05, 0) is 26.0 Å². The molecule has 11 heteroatoms. The van der Waals surface area contributed by atoms with Crippen LogP contribution in [0, 0.1) is 6.92 Å². The van der Waals surface area contributed by atoms with Gasteiger partial charge < -0.3 is 14.2 Å². The fraction of sp³-hybridized carbons (Fsp3) is 0.500. The first kappa shape index (κ1) is 23.2. The second-order valence-electron chi connectivity index (χ2n) is 7.43. The molecule has 31 heavy (non-hydrogen) atoms. The van der Waals surface area contributed by atoms with Crippen LogP contribution in [-0.2, 0) is 29.0 Å². The Bertz CT molecular complexity index is 975. The zero-order valence-corrected chi connectivity index (χ0v) is 19.0. The number of ether oxygens (including phenoxy) is 3. The summed E-state index contributed by atoms with van der Waals surface area (Å²) in [5.74, 6) is -0.558. The van der Waals surface area contributed by atoms with E-state index in [1.54, 1.807) is 33.2 Å². The van der Waals surface area contributed by atoms with Gasteiger partial charge in [0.1, 0.15) is 6.10 Å². The Morgan fingerprint density at radius 1 is 1.26 bits per heavy atom. The third kappa shape index (κ3) is 4.45. The van der Waals surface area contributed by atoms with E-state index in [1.165, 1.54) is 30.3 Å². The number of carbonyl (C=O) groups is 2. The van der Waals surface area contributed by atoms with E-state index < -0.39 is 40.5 Å². The molecule has 3 atom stereocenters. The van der Waals surface area contributed by atoms with Gasteiger partial charge >= 0.3 is 12.0 Å². The molecule has 2 heterocycles. The number of hydrogen-bond acceptors (Lipinski definition) is 8. The third-order valence-electron chi connectivity index (χ3n) is 4.92. The molecule has 2 aliphatic rings. The number of amides is 2. The minimum absolute atomic E-state index is 0.0500. The predicted molar refractivity (Wildman–Crippen MR) is 110 cm³/mol. The van der Waals surface area contributed by atoms with Gasteiger partial charge in [-0.2, -0.15) is 4.31 Å². The van der Waals surface area contributed by atoms with Crippen LogP contribution in [0.4, 0.5) is 4.79 Å². The molecular weight excluding hydrogens is 426 g/mol. The van der Waals surface area contributed by atoms with Crippen molar-refractivity contribution in [2.24, 2.45) is 0 Å². The second-order valence-corrected chi connectivity index (χ2v) is 9.24. The fourth-order valence-corrected chi connectivity index (χ4v) is 4.91. The first-order valence-corrected chi connectivity index (χ1v) is 11.3. The summed E-state index contributed by atoms with van der Waals surface area (Å²) in [5.41, 5.74) is 1.17. The highest BCUT2D eigenvalue weighted by atomic mass is 32.2. The van der Waals surface area contributed by atoms with Crippen LogP contribution in [0.2, 0.25) is 0 Å². The van der Waals surface area contributed by atoms with Crippen molar-refractivity contribution < 1.29 is 32.2 Å². The van der Waals surface area contributed by atoms with E-state index in [1.807, 2.05) is 6.92 Å². The van der Waals surface area contributed by atoms with E-state index in [0.717, 1.165) is 10.6 Å². The van der Waals surface area contributed by atoms with E-state index in [-0.39, 0.29) is 11.5 Å². The van der Waals surface area contributed by atoms with Gasteiger partial charge in [-0.25, -0.2) is 23.2 Å². The van der Waals surface area contributed by atoms with Crippen LogP contribution in [0.5, 0.6) is 0 Å². The number of fused-ring (bicyclic) bond motifs is 1. The van der Waals surface area contributed by atoms with Crippen molar-refractivity contribution in [1.29, 1.82) is 0 Å².